The van der Waals surface area contributed by atoms with Crippen LogP contribution in [0.25, 0.3) is 0 Å². The number of rotatable bonds is 1. The Labute approximate surface area is 97.1 Å². The van der Waals surface area contributed by atoms with Crippen LogP contribution in [-0.4, -0.2) is 13.0 Å². The van der Waals surface area contributed by atoms with Crippen molar-refractivity contribution in [1.29, 1.82) is 0 Å². The Hall–Kier alpha value is -0.440. The number of carbonyl (C=O) groups is 1. The summed E-state index contributed by atoms with van der Waals surface area (Å²) in [5, 5.41) is 2.50. The predicted molar refractivity (Wildman–Crippen MR) is 59.1 cm³/mol. The Morgan fingerprint density at radius 1 is 1.21 bits per heavy atom. The third-order valence-corrected chi connectivity index (χ3v) is 2.36. The molecule has 0 aromatic heterocycles. The average Bonchev–Trinajstić information content (AvgIpc) is 2.15. The van der Waals surface area contributed by atoms with Crippen molar-refractivity contribution in [2.45, 2.75) is 3.79 Å². The lowest BCUT2D eigenvalue weighted by atomic mass is 10.1. The van der Waals surface area contributed by atoms with E-state index in [1.807, 2.05) is 0 Å². The molecule has 0 atom stereocenters. The second kappa shape index (κ2) is 4.39. The first-order chi connectivity index (χ1) is 6.45. The molecule has 0 radical (unpaired) electrons. The zero-order chi connectivity index (χ0) is 10.8. The van der Waals surface area contributed by atoms with Crippen LogP contribution in [0.5, 0.6) is 0 Å². The van der Waals surface area contributed by atoms with Crippen molar-refractivity contribution in [2.24, 2.45) is 0 Å². The summed E-state index contributed by atoms with van der Waals surface area (Å²) in [5.41, 5.74) is 1.07. The summed E-state index contributed by atoms with van der Waals surface area (Å²) in [7, 11) is 1.56. The second-order valence-electron chi connectivity index (χ2n) is 2.65. The zero-order valence-electron chi connectivity index (χ0n) is 7.35. The third-order valence-electron chi connectivity index (χ3n) is 1.70. The van der Waals surface area contributed by atoms with Crippen LogP contribution in [0.3, 0.4) is 0 Å². The van der Waals surface area contributed by atoms with E-state index in [2.05, 4.69) is 5.32 Å². The number of benzene rings is 1. The molecule has 1 rings (SSSR count). The highest BCUT2D eigenvalue weighted by Gasteiger charge is 2.22. The summed E-state index contributed by atoms with van der Waals surface area (Å²) in [4.78, 5) is 11.2. The van der Waals surface area contributed by atoms with Gasteiger partial charge in [0.15, 0.2) is 0 Å². The van der Waals surface area contributed by atoms with Crippen LogP contribution in [0, 0.1) is 0 Å². The van der Waals surface area contributed by atoms with Crippen LogP contribution in [0.15, 0.2) is 24.3 Å². The van der Waals surface area contributed by atoms with Gasteiger partial charge in [0.2, 0.25) is 3.79 Å². The minimum Gasteiger partial charge on any atom is -0.355 e. The van der Waals surface area contributed by atoms with E-state index in [0.717, 1.165) is 0 Å². The molecule has 0 aliphatic rings. The largest absolute Gasteiger partial charge is 0.355 e. The van der Waals surface area contributed by atoms with Crippen molar-refractivity contribution in [2.75, 3.05) is 7.05 Å². The smallest absolute Gasteiger partial charge is 0.251 e. The molecule has 0 heterocycles. The topological polar surface area (TPSA) is 29.1 Å². The van der Waals surface area contributed by atoms with Gasteiger partial charge < -0.3 is 5.32 Å². The number of carbonyl (C=O) groups excluding carboxylic acids is 1. The van der Waals surface area contributed by atoms with Crippen LogP contribution in [0.4, 0.5) is 0 Å². The van der Waals surface area contributed by atoms with E-state index >= 15 is 0 Å². The molecule has 0 fully saturated rings. The summed E-state index contributed by atoms with van der Waals surface area (Å²) in [6.45, 7) is 0. The molecule has 14 heavy (non-hydrogen) atoms. The Bertz CT molecular complexity index is 329. The van der Waals surface area contributed by atoms with Crippen molar-refractivity contribution < 1.29 is 4.79 Å². The fourth-order valence-corrected chi connectivity index (χ4v) is 1.33. The molecule has 1 N–H and O–H groups in total. The van der Waals surface area contributed by atoms with Crippen molar-refractivity contribution in [3.8, 4) is 0 Å². The molecule has 76 valence electrons. The molecule has 0 aliphatic carbocycles. The number of hydrogen-bond acceptors (Lipinski definition) is 1. The van der Waals surface area contributed by atoms with Gasteiger partial charge in [-0.15, -0.1) is 0 Å². The van der Waals surface area contributed by atoms with E-state index in [1.165, 1.54) is 0 Å². The van der Waals surface area contributed by atoms with E-state index < -0.39 is 3.79 Å². The average molecular weight is 253 g/mol. The normalized spacial score (nSPS) is 11.1. The van der Waals surface area contributed by atoms with Crippen molar-refractivity contribution >= 4 is 40.7 Å². The van der Waals surface area contributed by atoms with Crippen LogP contribution < -0.4 is 5.32 Å². The standard InChI is InChI=1S/C9H8Cl3NO/c1-13-8(14)6-2-4-7(5-3-6)9(10,11)12/h2-5H,1H3,(H,13,14). The van der Waals surface area contributed by atoms with Gasteiger partial charge in [0.1, 0.15) is 0 Å². The maximum Gasteiger partial charge on any atom is 0.251 e. The number of nitrogens with one attached hydrogen (secondary N) is 1. The Balaban J connectivity index is 2.95. The van der Waals surface area contributed by atoms with Gasteiger partial charge in [0.05, 0.1) is 0 Å². The van der Waals surface area contributed by atoms with E-state index in [1.54, 1.807) is 31.3 Å². The van der Waals surface area contributed by atoms with E-state index in [-0.39, 0.29) is 5.91 Å². The molecule has 1 aromatic carbocycles. The monoisotopic (exact) mass is 251 g/mol. The van der Waals surface area contributed by atoms with Gasteiger partial charge in [-0.1, -0.05) is 46.9 Å². The van der Waals surface area contributed by atoms with Crippen LogP contribution in [0.1, 0.15) is 15.9 Å². The predicted octanol–water partition coefficient (Wildman–Crippen LogP) is 2.87. The first-order valence-corrected chi connectivity index (χ1v) is 4.98. The lowest BCUT2D eigenvalue weighted by Crippen LogP contribution is -2.17. The fourth-order valence-electron chi connectivity index (χ4n) is 0.955. The molecule has 0 bridgehead atoms. The summed E-state index contributed by atoms with van der Waals surface area (Å²) in [6.07, 6.45) is 0. The number of amides is 1. The fraction of sp³-hybridized carbons (Fsp3) is 0.222. The maximum atomic E-state index is 11.2. The minimum absolute atomic E-state index is 0.166. The molecule has 0 spiro atoms. The molecule has 2 nitrogen and oxygen atoms in total. The molecule has 0 aliphatic heterocycles. The summed E-state index contributed by atoms with van der Waals surface area (Å²) < 4.78 is -1.44. The van der Waals surface area contributed by atoms with Gasteiger partial charge in [-0.05, 0) is 12.1 Å². The van der Waals surface area contributed by atoms with E-state index in [4.69, 9.17) is 34.8 Å². The molecule has 1 aromatic rings. The highest BCUT2D eigenvalue weighted by atomic mass is 35.6. The maximum absolute atomic E-state index is 11.2. The minimum atomic E-state index is -1.44. The van der Waals surface area contributed by atoms with Crippen molar-refractivity contribution in [3.05, 3.63) is 35.4 Å². The first-order valence-electron chi connectivity index (χ1n) is 3.84. The molecule has 5 heteroatoms. The van der Waals surface area contributed by atoms with Gasteiger partial charge in [-0.2, -0.15) is 0 Å². The molecule has 0 saturated heterocycles. The van der Waals surface area contributed by atoms with Crippen LogP contribution >= 0.6 is 34.8 Å². The first kappa shape index (κ1) is 11.6. The zero-order valence-corrected chi connectivity index (χ0v) is 9.62. The third kappa shape index (κ3) is 2.77. The molecule has 0 saturated carbocycles. The summed E-state index contributed by atoms with van der Waals surface area (Å²) in [6, 6.07) is 6.43. The highest BCUT2D eigenvalue weighted by Crippen LogP contribution is 2.37. The van der Waals surface area contributed by atoms with Crippen molar-refractivity contribution in [1.82, 2.24) is 5.32 Å². The number of alkyl halides is 3. The number of halogens is 3. The van der Waals surface area contributed by atoms with Gasteiger partial charge in [0.25, 0.3) is 5.91 Å². The Kier molecular flexibility index (Phi) is 3.65. The lowest BCUT2D eigenvalue weighted by Gasteiger charge is -2.11. The van der Waals surface area contributed by atoms with Crippen LogP contribution in [-0.2, 0) is 3.79 Å². The SMILES string of the molecule is CNC(=O)c1ccc(C(Cl)(Cl)Cl)cc1. The van der Waals surface area contributed by atoms with Gasteiger partial charge in [0, 0.05) is 18.2 Å². The van der Waals surface area contributed by atoms with Crippen LogP contribution in [0.2, 0.25) is 0 Å². The summed E-state index contributed by atoms with van der Waals surface area (Å²) >= 11 is 17.0. The molecular formula is C9H8Cl3NO. The summed E-state index contributed by atoms with van der Waals surface area (Å²) in [5.74, 6) is -0.166. The molecule has 0 unspecified atom stereocenters. The van der Waals surface area contributed by atoms with Gasteiger partial charge in [-0.25, -0.2) is 0 Å². The van der Waals surface area contributed by atoms with Gasteiger partial charge in [-0.3, -0.25) is 4.79 Å². The molecule has 1 amide bonds. The highest BCUT2D eigenvalue weighted by molar-refractivity contribution is 6.66. The van der Waals surface area contributed by atoms with Gasteiger partial charge >= 0.3 is 0 Å². The lowest BCUT2D eigenvalue weighted by molar-refractivity contribution is 0.0963. The molecular weight excluding hydrogens is 244 g/mol. The second-order valence-corrected chi connectivity index (χ2v) is 4.94. The Morgan fingerprint density at radius 2 is 1.71 bits per heavy atom. The van der Waals surface area contributed by atoms with Crippen molar-refractivity contribution in [3.63, 3.8) is 0 Å². The van der Waals surface area contributed by atoms with E-state index in [0.29, 0.717) is 11.1 Å². The van der Waals surface area contributed by atoms with E-state index in [9.17, 15) is 4.79 Å². The Morgan fingerprint density at radius 3 is 2.07 bits per heavy atom. The quantitative estimate of drug-likeness (QED) is 0.765. The number of hydrogen-bond donors (Lipinski definition) is 1.